The van der Waals surface area contributed by atoms with Crippen molar-refractivity contribution in [2.24, 2.45) is 0 Å². The number of amides is 2. The first-order chi connectivity index (χ1) is 11.6. The number of nitrogens with zero attached hydrogens (tertiary/aromatic N) is 4. The Morgan fingerprint density at radius 1 is 1.12 bits per heavy atom. The number of tetrazole rings is 1. The molecule has 1 atom stereocenters. The number of carbonyl (C=O) groups is 1. The van der Waals surface area contributed by atoms with Crippen LogP contribution in [0.4, 0.5) is 10.5 Å². The molecule has 3 aromatic rings. The van der Waals surface area contributed by atoms with Gasteiger partial charge in [0, 0.05) is 5.69 Å². The van der Waals surface area contributed by atoms with Gasteiger partial charge >= 0.3 is 6.03 Å². The maximum atomic E-state index is 12.2. The van der Waals surface area contributed by atoms with Gasteiger partial charge in [-0.05, 0) is 48.0 Å². The second-order valence-corrected chi connectivity index (χ2v) is 5.42. The number of rotatable bonds is 4. The van der Waals surface area contributed by atoms with Gasteiger partial charge in [0.15, 0.2) is 5.82 Å². The molecular weight excluding hydrogens is 304 g/mol. The molecule has 1 aromatic heterocycles. The Bertz CT molecular complexity index is 830. The Hall–Kier alpha value is -3.22. The van der Waals surface area contributed by atoms with Crippen molar-refractivity contribution in [3.63, 3.8) is 0 Å². The van der Waals surface area contributed by atoms with Crippen molar-refractivity contribution in [1.29, 1.82) is 0 Å². The molecule has 0 radical (unpaired) electrons. The van der Waals surface area contributed by atoms with E-state index in [1.54, 1.807) is 4.68 Å². The zero-order valence-corrected chi connectivity index (χ0v) is 13.5. The molecule has 0 spiro atoms. The van der Waals surface area contributed by atoms with Crippen LogP contribution in [0.25, 0.3) is 5.69 Å². The van der Waals surface area contributed by atoms with Gasteiger partial charge in [-0.25, -0.2) is 4.79 Å². The summed E-state index contributed by atoms with van der Waals surface area (Å²) >= 11 is 0. The quantitative estimate of drug-likeness (QED) is 0.773. The molecule has 122 valence electrons. The average molecular weight is 322 g/mol. The van der Waals surface area contributed by atoms with E-state index >= 15 is 0 Å². The third-order valence-electron chi connectivity index (χ3n) is 3.62. The van der Waals surface area contributed by atoms with Crippen molar-refractivity contribution in [3.8, 4) is 5.69 Å². The predicted octanol–water partition coefficient (Wildman–Crippen LogP) is 2.85. The number of carbonyl (C=O) groups excluding carboxylic acids is 1. The second-order valence-electron chi connectivity index (χ2n) is 5.42. The van der Waals surface area contributed by atoms with E-state index < -0.39 is 0 Å². The normalized spacial score (nSPS) is 11.8. The van der Waals surface area contributed by atoms with Gasteiger partial charge in [0.2, 0.25) is 0 Å². The van der Waals surface area contributed by atoms with E-state index in [-0.39, 0.29) is 12.1 Å². The van der Waals surface area contributed by atoms with Crippen LogP contribution < -0.4 is 10.6 Å². The highest BCUT2D eigenvalue weighted by Gasteiger charge is 2.10. The Labute approximate surface area is 139 Å². The molecule has 2 N–H and O–H groups in total. The molecular formula is C17H18N6O. The number of aryl methyl sites for hydroxylation is 1. The number of benzene rings is 2. The van der Waals surface area contributed by atoms with Crippen molar-refractivity contribution < 1.29 is 4.79 Å². The van der Waals surface area contributed by atoms with Gasteiger partial charge in [0.1, 0.15) is 0 Å². The number of anilines is 1. The van der Waals surface area contributed by atoms with Gasteiger partial charge in [0.05, 0.1) is 11.7 Å². The van der Waals surface area contributed by atoms with E-state index in [4.69, 9.17) is 0 Å². The zero-order chi connectivity index (χ0) is 16.9. The average Bonchev–Trinajstić information content (AvgIpc) is 3.02. The lowest BCUT2D eigenvalue weighted by Crippen LogP contribution is -2.31. The van der Waals surface area contributed by atoms with E-state index in [9.17, 15) is 4.79 Å². The highest BCUT2D eigenvalue weighted by atomic mass is 16.2. The van der Waals surface area contributed by atoms with Crippen molar-refractivity contribution in [2.45, 2.75) is 19.9 Å². The molecule has 0 aliphatic rings. The topological polar surface area (TPSA) is 84.7 Å². The number of urea groups is 1. The van der Waals surface area contributed by atoms with E-state index in [0.29, 0.717) is 11.5 Å². The molecule has 7 nitrogen and oxygen atoms in total. The van der Waals surface area contributed by atoms with E-state index in [1.165, 1.54) is 0 Å². The number of nitrogens with one attached hydrogen (secondary N) is 2. The maximum Gasteiger partial charge on any atom is 0.319 e. The SMILES string of the molecule is Cc1nnnn1-c1cccc(NC(=O)NC(C)c2ccccc2)c1. The minimum absolute atomic E-state index is 0.0869. The van der Waals surface area contributed by atoms with Crippen LogP contribution in [0.2, 0.25) is 0 Å². The highest BCUT2D eigenvalue weighted by Crippen LogP contribution is 2.15. The van der Waals surface area contributed by atoms with Crippen molar-refractivity contribution in [1.82, 2.24) is 25.5 Å². The zero-order valence-electron chi connectivity index (χ0n) is 13.5. The summed E-state index contributed by atoms with van der Waals surface area (Å²) in [6, 6.07) is 16.8. The number of hydrogen-bond donors (Lipinski definition) is 2. The predicted molar refractivity (Wildman–Crippen MR) is 90.9 cm³/mol. The summed E-state index contributed by atoms with van der Waals surface area (Å²) in [5.41, 5.74) is 2.50. The summed E-state index contributed by atoms with van der Waals surface area (Å²) in [4.78, 5) is 12.2. The van der Waals surface area contributed by atoms with Gasteiger partial charge in [-0.2, -0.15) is 4.68 Å². The lowest BCUT2D eigenvalue weighted by Gasteiger charge is -2.15. The molecule has 24 heavy (non-hydrogen) atoms. The van der Waals surface area contributed by atoms with Crippen molar-refractivity contribution in [2.75, 3.05) is 5.32 Å². The van der Waals surface area contributed by atoms with Gasteiger partial charge < -0.3 is 10.6 Å². The smallest absolute Gasteiger partial charge is 0.319 e. The first-order valence-electron chi connectivity index (χ1n) is 7.61. The third-order valence-corrected chi connectivity index (χ3v) is 3.62. The fourth-order valence-corrected chi connectivity index (χ4v) is 2.37. The van der Waals surface area contributed by atoms with E-state index in [2.05, 4.69) is 26.2 Å². The molecule has 1 heterocycles. The molecule has 0 aliphatic carbocycles. The van der Waals surface area contributed by atoms with E-state index in [0.717, 1.165) is 11.3 Å². The molecule has 0 fully saturated rings. The van der Waals surface area contributed by atoms with Crippen LogP contribution in [0.1, 0.15) is 24.4 Å². The van der Waals surface area contributed by atoms with Crippen LogP contribution >= 0.6 is 0 Å². The number of aromatic nitrogens is 4. The van der Waals surface area contributed by atoms with Crippen LogP contribution in [-0.2, 0) is 0 Å². The molecule has 0 saturated heterocycles. The molecule has 2 amide bonds. The Kier molecular flexibility index (Phi) is 4.51. The first kappa shape index (κ1) is 15.7. The minimum atomic E-state index is -0.267. The fourth-order valence-electron chi connectivity index (χ4n) is 2.37. The van der Waals surface area contributed by atoms with Crippen molar-refractivity contribution >= 4 is 11.7 Å². The molecule has 1 unspecified atom stereocenters. The summed E-state index contributed by atoms with van der Waals surface area (Å²) in [5.74, 6) is 0.675. The lowest BCUT2D eigenvalue weighted by molar-refractivity contribution is 0.249. The molecule has 0 saturated carbocycles. The van der Waals surface area contributed by atoms with Gasteiger partial charge in [-0.3, -0.25) is 0 Å². The first-order valence-corrected chi connectivity index (χ1v) is 7.61. The van der Waals surface area contributed by atoms with Crippen LogP contribution in [0.5, 0.6) is 0 Å². The standard InChI is InChI=1S/C17H18N6O/c1-12(14-7-4-3-5-8-14)18-17(24)19-15-9-6-10-16(11-15)23-13(2)20-21-22-23/h3-12H,1-2H3,(H2,18,19,24). The molecule has 2 aromatic carbocycles. The second kappa shape index (κ2) is 6.91. The maximum absolute atomic E-state index is 12.2. The minimum Gasteiger partial charge on any atom is -0.331 e. The fraction of sp³-hybridized carbons (Fsp3) is 0.176. The Balaban J connectivity index is 1.68. The summed E-state index contributed by atoms with van der Waals surface area (Å²) in [5, 5.41) is 17.2. The van der Waals surface area contributed by atoms with Crippen LogP contribution in [0.3, 0.4) is 0 Å². The highest BCUT2D eigenvalue weighted by molar-refractivity contribution is 5.89. The summed E-state index contributed by atoms with van der Waals surface area (Å²) in [6.45, 7) is 3.75. The van der Waals surface area contributed by atoms with Crippen LogP contribution in [0, 0.1) is 6.92 Å². The monoisotopic (exact) mass is 322 g/mol. The Morgan fingerprint density at radius 2 is 1.92 bits per heavy atom. The summed E-state index contributed by atoms with van der Waals surface area (Å²) in [7, 11) is 0. The molecule has 0 bridgehead atoms. The van der Waals surface area contributed by atoms with Crippen LogP contribution in [-0.4, -0.2) is 26.2 Å². The molecule has 0 aliphatic heterocycles. The van der Waals surface area contributed by atoms with Gasteiger partial charge in [-0.15, -0.1) is 5.10 Å². The summed E-state index contributed by atoms with van der Waals surface area (Å²) in [6.07, 6.45) is 0. The van der Waals surface area contributed by atoms with Gasteiger partial charge in [0.25, 0.3) is 0 Å². The van der Waals surface area contributed by atoms with Gasteiger partial charge in [-0.1, -0.05) is 36.4 Å². The summed E-state index contributed by atoms with van der Waals surface area (Å²) < 4.78 is 1.61. The van der Waals surface area contributed by atoms with E-state index in [1.807, 2.05) is 68.4 Å². The lowest BCUT2D eigenvalue weighted by atomic mass is 10.1. The largest absolute Gasteiger partial charge is 0.331 e. The van der Waals surface area contributed by atoms with Crippen LogP contribution in [0.15, 0.2) is 54.6 Å². The van der Waals surface area contributed by atoms with Crippen molar-refractivity contribution in [3.05, 3.63) is 66.0 Å². The Morgan fingerprint density at radius 3 is 2.62 bits per heavy atom. The molecule has 3 rings (SSSR count). The number of hydrogen-bond acceptors (Lipinski definition) is 4. The molecule has 7 heteroatoms. The third kappa shape index (κ3) is 3.57.